The van der Waals surface area contributed by atoms with Gasteiger partial charge in [0.05, 0.1) is 39.9 Å². The number of benzene rings is 1. The third kappa shape index (κ3) is 4.26. The molecular weight excluding hydrogens is 496 g/mol. The Labute approximate surface area is 222 Å². The van der Waals surface area contributed by atoms with Gasteiger partial charge in [0.1, 0.15) is 5.69 Å². The number of nitrogens with one attached hydrogen (secondary N) is 3. The zero-order valence-corrected chi connectivity index (χ0v) is 21.8. The summed E-state index contributed by atoms with van der Waals surface area (Å²) in [6.45, 7) is 5.28. The molecule has 6 rings (SSSR count). The van der Waals surface area contributed by atoms with Crippen molar-refractivity contribution in [2.45, 2.75) is 20.8 Å². The lowest BCUT2D eigenvalue weighted by Gasteiger charge is -2.08. The van der Waals surface area contributed by atoms with Gasteiger partial charge in [0.25, 0.3) is 0 Å². The fraction of sp³-hybridized carbons (Fsp3) is 0.138. The first-order valence-corrected chi connectivity index (χ1v) is 13.0. The van der Waals surface area contributed by atoms with E-state index < -0.39 is 0 Å². The summed E-state index contributed by atoms with van der Waals surface area (Å²) in [5.41, 5.74) is 6.65. The van der Waals surface area contributed by atoms with E-state index >= 15 is 0 Å². The van der Waals surface area contributed by atoms with Crippen LogP contribution < -0.4 is 5.32 Å². The van der Waals surface area contributed by atoms with Crippen LogP contribution in [0.4, 0.5) is 5.69 Å². The van der Waals surface area contributed by atoms with Gasteiger partial charge in [-0.05, 0) is 43.3 Å². The lowest BCUT2D eigenvalue weighted by atomic mass is 10.1. The van der Waals surface area contributed by atoms with E-state index in [0.29, 0.717) is 5.69 Å². The number of carbonyl (C=O) groups is 2. The molecule has 0 fully saturated rings. The Morgan fingerprint density at radius 2 is 1.84 bits per heavy atom. The van der Waals surface area contributed by atoms with Gasteiger partial charge in [-0.15, -0.1) is 11.3 Å². The lowest BCUT2D eigenvalue weighted by molar-refractivity contribution is -0.118. The molecule has 0 radical (unpaired) electrons. The summed E-state index contributed by atoms with van der Waals surface area (Å²) in [7, 11) is 0. The standard InChI is InChI=1S/C29H24N6O2S/c1-15(2)29(37)32-18-9-17(12-30-13-18)23-11-21-25(14-31-23)34-35-28(21)24-10-20-19(5-4-6-22(20)33-24)27-8-7-26(38-27)16(3)36/h4-15,33H,1-3H3,(H,32,37)(H,34,35). The Kier molecular flexibility index (Phi) is 5.84. The van der Waals surface area contributed by atoms with E-state index in [1.807, 2.05) is 50.2 Å². The Balaban J connectivity index is 1.40. The summed E-state index contributed by atoms with van der Waals surface area (Å²) in [6, 6.07) is 15.9. The monoisotopic (exact) mass is 520 g/mol. The quantitative estimate of drug-likeness (QED) is 0.211. The van der Waals surface area contributed by atoms with Gasteiger partial charge < -0.3 is 10.3 Å². The smallest absolute Gasteiger partial charge is 0.226 e. The zero-order valence-electron chi connectivity index (χ0n) is 21.0. The number of thiophene rings is 1. The molecule has 5 heterocycles. The van der Waals surface area contributed by atoms with Crippen LogP contribution in [0.2, 0.25) is 0 Å². The van der Waals surface area contributed by atoms with Crippen molar-refractivity contribution in [1.82, 2.24) is 25.1 Å². The van der Waals surface area contributed by atoms with Crippen molar-refractivity contribution in [1.29, 1.82) is 0 Å². The van der Waals surface area contributed by atoms with Crippen LogP contribution >= 0.6 is 11.3 Å². The molecule has 9 heteroatoms. The molecule has 0 aliphatic heterocycles. The molecular formula is C29H24N6O2S. The summed E-state index contributed by atoms with van der Waals surface area (Å²) in [5.74, 6) is -0.129. The molecule has 0 aliphatic rings. The number of carbonyl (C=O) groups excluding carboxylic acids is 2. The summed E-state index contributed by atoms with van der Waals surface area (Å²) >= 11 is 1.50. The molecule has 0 bridgehead atoms. The van der Waals surface area contributed by atoms with Crippen LogP contribution in [0.1, 0.15) is 30.4 Å². The Hall–Kier alpha value is -4.63. The second-order valence-electron chi connectivity index (χ2n) is 9.46. The highest BCUT2D eigenvalue weighted by molar-refractivity contribution is 7.17. The van der Waals surface area contributed by atoms with Gasteiger partial charge in [-0.2, -0.15) is 5.10 Å². The highest BCUT2D eigenvalue weighted by Crippen LogP contribution is 2.37. The fourth-order valence-electron chi connectivity index (χ4n) is 4.38. The molecule has 1 aromatic carbocycles. The molecule has 3 N–H and O–H groups in total. The summed E-state index contributed by atoms with van der Waals surface area (Å²) in [4.78, 5) is 38.1. The Morgan fingerprint density at radius 3 is 2.63 bits per heavy atom. The van der Waals surface area contributed by atoms with E-state index in [1.54, 1.807) is 25.5 Å². The summed E-state index contributed by atoms with van der Waals surface area (Å²) < 4.78 is 0. The number of aromatic nitrogens is 5. The van der Waals surface area contributed by atoms with Gasteiger partial charge in [-0.25, -0.2) is 0 Å². The second kappa shape index (κ2) is 9.35. The number of hydrogen-bond donors (Lipinski definition) is 3. The molecule has 0 saturated carbocycles. The van der Waals surface area contributed by atoms with Crippen molar-refractivity contribution in [2.24, 2.45) is 5.92 Å². The van der Waals surface area contributed by atoms with Crippen LogP contribution in [0.25, 0.3) is 54.9 Å². The SMILES string of the molecule is CC(=O)c1ccc(-c2cccc3[nH]c(-c4n[nH]c5cnc(-c6cncc(NC(=O)C(C)C)c6)cc45)cc23)s1. The number of aromatic amines is 2. The molecule has 6 aromatic rings. The predicted octanol–water partition coefficient (Wildman–Crippen LogP) is 6.69. The van der Waals surface area contributed by atoms with Gasteiger partial charge in [0.2, 0.25) is 5.91 Å². The number of hydrogen-bond acceptors (Lipinski definition) is 6. The normalized spacial score (nSPS) is 11.5. The van der Waals surface area contributed by atoms with E-state index in [1.165, 1.54) is 11.3 Å². The molecule has 0 unspecified atom stereocenters. The van der Waals surface area contributed by atoms with Gasteiger partial charge in [-0.3, -0.25) is 24.7 Å². The van der Waals surface area contributed by atoms with Crippen LogP contribution in [0.15, 0.2) is 67.1 Å². The van der Waals surface area contributed by atoms with E-state index in [-0.39, 0.29) is 17.6 Å². The first kappa shape index (κ1) is 23.7. The van der Waals surface area contributed by atoms with E-state index in [4.69, 9.17) is 0 Å². The van der Waals surface area contributed by atoms with Crippen molar-refractivity contribution >= 4 is 50.5 Å². The molecule has 1 amide bonds. The number of pyridine rings is 2. The van der Waals surface area contributed by atoms with Crippen molar-refractivity contribution in [2.75, 3.05) is 5.32 Å². The molecule has 8 nitrogen and oxygen atoms in total. The molecule has 0 spiro atoms. The highest BCUT2D eigenvalue weighted by atomic mass is 32.1. The first-order valence-electron chi connectivity index (χ1n) is 12.2. The van der Waals surface area contributed by atoms with Gasteiger partial charge in [-0.1, -0.05) is 26.0 Å². The van der Waals surface area contributed by atoms with Crippen LogP contribution in [0.3, 0.4) is 0 Å². The molecule has 38 heavy (non-hydrogen) atoms. The van der Waals surface area contributed by atoms with Gasteiger partial charge in [0.15, 0.2) is 5.78 Å². The molecule has 0 saturated heterocycles. The third-order valence-corrected chi connectivity index (χ3v) is 7.63. The highest BCUT2D eigenvalue weighted by Gasteiger charge is 2.16. The fourth-order valence-corrected chi connectivity index (χ4v) is 5.33. The second-order valence-corrected chi connectivity index (χ2v) is 10.5. The van der Waals surface area contributed by atoms with Crippen molar-refractivity contribution in [3.8, 4) is 33.1 Å². The average Bonchev–Trinajstić information content (AvgIpc) is 3.66. The number of ketones is 1. The minimum atomic E-state index is -0.130. The Bertz CT molecular complexity index is 1840. The minimum absolute atomic E-state index is 0.0669. The lowest BCUT2D eigenvalue weighted by Crippen LogP contribution is -2.17. The van der Waals surface area contributed by atoms with Crippen molar-refractivity contribution in [3.05, 3.63) is 72.0 Å². The summed E-state index contributed by atoms with van der Waals surface area (Å²) in [5, 5.41) is 12.5. The van der Waals surface area contributed by atoms with Crippen molar-refractivity contribution in [3.63, 3.8) is 0 Å². The minimum Gasteiger partial charge on any atom is -0.353 e. The van der Waals surface area contributed by atoms with Crippen LogP contribution in [-0.2, 0) is 4.79 Å². The maximum absolute atomic E-state index is 12.1. The molecule has 188 valence electrons. The predicted molar refractivity (Wildman–Crippen MR) is 151 cm³/mol. The number of nitrogens with zero attached hydrogens (tertiary/aromatic N) is 3. The maximum Gasteiger partial charge on any atom is 0.226 e. The molecule has 0 aliphatic carbocycles. The molecule has 0 atom stereocenters. The van der Waals surface area contributed by atoms with E-state index in [2.05, 4.69) is 42.6 Å². The number of rotatable bonds is 6. The van der Waals surface area contributed by atoms with Crippen LogP contribution in [0.5, 0.6) is 0 Å². The average molecular weight is 521 g/mol. The zero-order chi connectivity index (χ0) is 26.4. The number of fused-ring (bicyclic) bond motifs is 2. The van der Waals surface area contributed by atoms with E-state index in [9.17, 15) is 9.59 Å². The topological polar surface area (TPSA) is 116 Å². The van der Waals surface area contributed by atoms with Crippen molar-refractivity contribution < 1.29 is 9.59 Å². The van der Waals surface area contributed by atoms with Crippen LogP contribution in [0, 0.1) is 5.92 Å². The van der Waals surface area contributed by atoms with E-state index in [0.717, 1.165) is 59.8 Å². The largest absolute Gasteiger partial charge is 0.353 e. The maximum atomic E-state index is 12.1. The number of anilines is 1. The number of Topliss-reactive ketones (excluding diaryl/α,β-unsaturated/α-hetero) is 1. The number of amides is 1. The number of H-pyrrole nitrogens is 2. The summed E-state index contributed by atoms with van der Waals surface area (Å²) in [6.07, 6.45) is 5.11. The van der Waals surface area contributed by atoms with Gasteiger partial charge in [0, 0.05) is 44.4 Å². The third-order valence-electron chi connectivity index (χ3n) is 6.41. The molecule has 5 aromatic heterocycles. The first-order chi connectivity index (χ1) is 18.4. The van der Waals surface area contributed by atoms with Gasteiger partial charge >= 0.3 is 0 Å². The Morgan fingerprint density at radius 1 is 0.974 bits per heavy atom. The van der Waals surface area contributed by atoms with Crippen LogP contribution in [-0.4, -0.2) is 36.8 Å².